The smallest absolute Gasteiger partial charge is 0.550 e. The molecule has 33 heavy (non-hydrogen) atoms. The van der Waals surface area contributed by atoms with Gasteiger partial charge in [0.05, 0.1) is 0 Å². The molecule has 0 bridgehead atoms. The van der Waals surface area contributed by atoms with E-state index in [-0.39, 0.29) is 48.8 Å². The van der Waals surface area contributed by atoms with Gasteiger partial charge < -0.3 is 9.90 Å². The Morgan fingerprint density at radius 2 is 0.879 bits per heavy atom. The summed E-state index contributed by atoms with van der Waals surface area (Å²) in [6.07, 6.45) is -16.6. The number of hydrogen-bond donors (Lipinski definition) is 0. The van der Waals surface area contributed by atoms with Crippen LogP contribution >= 0.6 is 0 Å². The van der Waals surface area contributed by atoms with E-state index in [1.165, 1.54) is 0 Å². The van der Waals surface area contributed by atoms with Gasteiger partial charge in [-0.25, -0.2) is 4.39 Å². The van der Waals surface area contributed by atoms with Crippen LogP contribution < -0.4 is 34.7 Å². The fourth-order valence-electron chi connectivity index (χ4n) is 2.80. The second-order valence-corrected chi connectivity index (χ2v) is 7.22. The van der Waals surface area contributed by atoms with Crippen LogP contribution in [-0.4, -0.2) is 41.8 Å². The number of carbonyl (C=O) groups excluding carboxylic acids is 1. The molecule has 0 aliphatic heterocycles. The monoisotopic (exact) mass is 526 g/mol. The molecule has 0 radical (unpaired) electrons. The SMILES string of the molecule is O=C([O-])CCCCCCCCCCC(F)(C(F)(F)F)C(F)(F)C(F)(F)C(F)(F)C(F)(F)F.[Na+]. The summed E-state index contributed by atoms with van der Waals surface area (Å²) < 4.78 is 169. The third-order valence-corrected chi connectivity index (χ3v) is 4.74. The van der Waals surface area contributed by atoms with Crippen LogP contribution in [0.25, 0.3) is 0 Å². The molecule has 0 heterocycles. The van der Waals surface area contributed by atoms with E-state index in [0.717, 1.165) is 0 Å². The molecule has 0 aliphatic carbocycles. The Morgan fingerprint density at radius 3 is 1.21 bits per heavy atom. The molecular formula is C17H20F13NaO2. The van der Waals surface area contributed by atoms with E-state index in [1.54, 1.807) is 0 Å². The van der Waals surface area contributed by atoms with E-state index in [9.17, 15) is 67.0 Å². The summed E-state index contributed by atoms with van der Waals surface area (Å²) in [6.45, 7) is 0. The first-order valence-electron chi connectivity index (χ1n) is 9.32. The van der Waals surface area contributed by atoms with Gasteiger partial charge in [-0.1, -0.05) is 38.5 Å². The van der Waals surface area contributed by atoms with Gasteiger partial charge in [0.25, 0.3) is 5.67 Å². The van der Waals surface area contributed by atoms with Crippen molar-refractivity contribution in [3.05, 3.63) is 0 Å². The maximum absolute atomic E-state index is 14.2. The van der Waals surface area contributed by atoms with Gasteiger partial charge in [0.15, 0.2) is 0 Å². The van der Waals surface area contributed by atoms with Gasteiger partial charge in [0, 0.05) is 5.97 Å². The number of halogens is 13. The molecular weight excluding hydrogens is 506 g/mol. The Kier molecular flexibility index (Phi) is 13.2. The number of unbranched alkanes of at least 4 members (excludes halogenated alkanes) is 7. The molecule has 0 N–H and O–H groups in total. The van der Waals surface area contributed by atoms with Crippen LogP contribution in [0.5, 0.6) is 0 Å². The Labute approximate surface area is 202 Å². The molecule has 0 fully saturated rings. The second-order valence-electron chi connectivity index (χ2n) is 7.22. The van der Waals surface area contributed by atoms with Crippen LogP contribution in [0.4, 0.5) is 57.1 Å². The summed E-state index contributed by atoms with van der Waals surface area (Å²) >= 11 is 0. The summed E-state index contributed by atoms with van der Waals surface area (Å²) in [5.41, 5.74) is -6.34. The van der Waals surface area contributed by atoms with Crippen LogP contribution in [0.15, 0.2) is 0 Å². The standard InChI is InChI=1S/C17H21F13O2.Na/c18-12(16(25,26)27,10-8-6-4-2-1-3-5-7-9-11(31)32)13(19,20)14(21,22)15(23,24)17(28,29)30;/h1-10H2,(H,31,32);/q;+1/p-1. The van der Waals surface area contributed by atoms with Crippen LogP contribution in [0.2, 0.25) is 0 Å². The number of aliphatic carboxylic acids is 1. The van der Waals surface area contributed by atoms with Crippen molar-refractivity contribution >= 4 is 5.97 Å². The number of carbonyl (C=O) groups is 1. The van der Waals surface area contributed by atoms with Crippen molar-refractivity contribution in [2.24, 2.45) is 0 Å². The molecule has 0 aromatic heterocycles. The predicted octanol–water partition coefficient (Wildman–Crippen LogP) is 3.38. The molecule has 1 unspecified atom stereocenters. The average molecular weight is 526 g/mol. The van der Waals surface area contributed by atoms with Gasteiger partial charge in [-0.2, -0.15) is 52.7 Å². The van der Waals surface area contributed by atoms with E-state index in [4.69, 9.17) is 0 Å². The van der Waals surface area contributed by atoms with Crippen LogP contribution in [0.1, 0.15) is 64.2 Å². The molecule has 0 aromatic carbocycles. The van der Waals surface area contributed by atoms with Gasteiger partial charge in [-0.3, -0.25) is 0 Å². The first-order chi connectivity index (χ1) is 14.2. The molecule has 0 aliphatic rings. The first-order valence-corrected chi connectivity index (χ1v) is 9.32. The minimum Gasteiger partial charge on any atom is -0.550 e. The second kappa shape index (κ2) is 12.5. The molecule has 0 amide bonds. The molecule has 0 saturated carbocycles. The predicted molar refractivity (Wildman–Crippen MR) is 82.0 cm³/mol. The Morgan fingerprint density at radius 1 is 0.515 bits per heavy atom. The summed E-state index contributed by atoms with van der Waals surface area (Å²) in [5, 5.41) is 10.2. The number of rotatable bonds is 14. The fraction of sp³-hybridized carbons (Fsp3) is 0.941. The average Bonchev–Trinajstić information content (AvgIpc) is 2.60. The quantitative estimate of drug-likeness (QED) is 0.198. The zero-order valence-electron chi connectivity index (χ0n) is 17.3. The largest absolute Gasteiger partial charge is 1.00 e. The van der Waals surface area contributed by atoms with Crippen molar-refractivity contribution in [3.63, 3.8) is 0 Å². The van der Waals surface area contributed by atoms with E-state index in [0.29, 0.717) is 25.7 Å². The number of carboxylic acid groups (broad SMARTS) is 1. The number of alkyl halides is 13. The van der Waals surface area contributed by atoms with Gasteiger partial charge >= 0.3 is 59.7 Å². The molecule has 16 heteroatoms. The van der Waals surface area contributed by atoms with Crippen LogP contribution in [0, 0.1) is 0 Å². The first kappa shape index (κ1) is 34.7. The van der Waals surface area contributed by atoms with Crippen molar-refractivity contribution in [1.29, 1.82) is 0 Å². The number of hydrogen-bond acceptors (Lipinski definition) is 2. The molecule has 0 aromatic rings. The van der Waals surface area contributed by atoms with Crippen molar-refractivity contribution < 1.29 is 96.5 Å². The Bertz CT molecular complexity index is 605. The summed E-state index contributed by atoms with van der Waals surface area (Å²) in [6, 6.07) is 0. The summed E-state index contributed by atoms with van der Waals surface area (Å²) in [5.74, 6) is -24.1. The molecule has 0 rings (SSSR count). The van der Waals surface area contributed by atoms with Gasteiger partial charge in [0.2, 0.25) is 0 Å². The van der Waals surface area contributed by atoms with Crippen molar-refractivity contribution in [2.45, 2.75) is 100.0 Å². The van der Waals surface area contributed by atoms with E-state index >= 15 is 0 Å². The van der Waals surface area contributed by atoms with Crippen LogP contribution in [0.3, 0.4) is 0 Å². The normalized spacial score (nSPS) is 15.7. The van der Waals surface area contributed by atoms with Gasteiger partial charge in [-0.05, 0) is 25.7 Å². The maximum atomic E-state index is 14.2. The van der Waals surface area contributed by atoms with Crippen molar-refractivity contribution in [2.75, 3.05) is 0 Å². The van der Waals surface area contributed by atoms with E-state index in [2.05, 4.69) is 0 Å². The number of carboxylic acids is 1. The molecule has 0 spiro atoms. The fourth-order valence-corrected chi connectivity index (χ4v) is 2.80. The van der Waals surface area contributed by atoms with Crippen molar-refractivity contribution in [1.82, 2.24) is 0 Å². The summed E-state index contributed by atoms with van der Waals surface area (Å²) in [7, 11) is 0. The Balaban J connectivity index is 0. The zero-order chi connectivity index (χ0) is 25.6. The van der Waals surface area contributed by atoms with Gasteiger partial charge in [0.1, 0.15) is 0 Å². The minimum atomic E-state index is -7.73. The van der Waals surface area contributed by atoms with E-state index in [1.807, 2.05) is 0 Å². The Hall–Kier alpha value is -0.440. The topological polar surface area (TPSA) is 40.1 Å². The molecule has 192 valence electrons. The molecule has 0 saturated heterocycles. The molecule has 1 atom stereocenters. The minimum absolute atomic E-state index is 0. The summed E-state index contributed by atoms with van der Waals surface area (Å²) in [4.78, 5) is 10.2. The zero-order valence-corrected chi connectivity index (χ0v) is 19.3. The van der Waals surface area contributed by atoms with Crippen molar-refractivity contribution in [3.8, 4) is 0 Å². The maximum Gasteiger partial charge on any atom is 1.00 e. The molecule has 2 nitrogen and oxygen atoms in total. The van der Waals surface area contributed by atoms with Gasteiger partial charge in [-0.15, -0.1) is 0 Å². The third-order valence-electron chi connectivity index (χ3n) is 4.74. The third kappa shape index (κ3) is 8.04. The van der Waals surface area contributed by atoms with Crippen LogP contribution in [-0.2, 0) is 4.79 Å². The van der Waals surface area contributed by atoms with E-state index < -0.39 is 61.0 Å².